The third kappa shape index (κ3) is 32.4. The van der Waals surface area contributed by atoms with E-state index in [9.17, 15) is 25.2 Å². The molecule has 0 radical (unpaired) electrons. The van der Waals surface area contributed by atoms with Crippen molar-refractivity contribution < 1.29 is 25.2 Å². The third-order valence-corrected chi connectivity index (χ3v) is 9.80. The van der Waals surface area contributed by atoms with Gasteiger partial charge in [0.15, 0.2) is 0 Å². The first kappa shape index (κ1) is 48.5. The second-order valence-corrected chi connectivity index (χ2v) is 14.7. The molecule has 0 rings (SSSR count). The first-order chi connectivity index (χ1) is 24.5. The van der Waals surface area contributed by atoms with Gasteiger partial charge in [-0.3, -0.25) is 4.79 Å². The highest BCUT2D eigenvalue weighted by molar-refractivity contribution is 5.80. The van der Waals surface area contributed by atoms with Crippen molar-refractivity contribution in [3.05, 3.63) is 36.5 Å². The van der Waals surface area contributed by atoms with E-state index in [-0.39, 0.29) is 0 Å². The zero-order valence-corrected chi connectivity index (χ0v) is 32.9. The van der Waals surface area contributed by atoms with E-state index in [0.29, 0.717) is 19.3 Å². The van der Waals surface area contributed by atoms with Crippen LogP contribution in [0.3, 0.4) is 0 Å². The van der Waals surface area contributed by atoms with Crippen molar-refractivity contribution in [1.82, 2.24) is 5.32 Å². The summed E-state index contributed by atoms with van der Waals surface area (Å²) >= 11 is 0. The quantitative estimate of drug-likeness (QED) is 0.0324. The second kappa shape index (κ2) is 38.8. The lowest BCUT2D eigenvalue weighted by Gasteiger charge is -2.27. The molecule has 0 saturated carbocycles. The van der Waals surface area contributed by atoms with E-state index in [1.165, 1.54) is 122 Å². The molecule has 0 aromatic carbocycles. The van der Waals surface area contributed by atoms with Crippen molar-refractivity contribution in [1.29, 1.82) is 0 Å². The van der Waals surface area contributed by atoms with Crippen molar-refractivity contribution >= 4 is 5.91 Å². The Kier molecular flexibility index (Phi) is 37.6. The number of aliphatic hydroxyl groups is 4. The van der Waals surface area contributed by atoms with Crippen molar-refractivity contribution in [3.8, 4) is 0 Å². The summed E-state index contributed by atoms with van der Waals surface area (Å²) in [6, 6.07) is -1.01. The number of allylic oxidation sites excluding steroid dienone is 6. The molecule has 6 heteroatoms. The van der Waals surface area contributed by atoms with E-state index in [1.54, 1.807) is 0 Å². The third-order valence-electron chi connectivity index (χ3n) is 9.80. The molecule has 0 spiro atoms. The first-order valence-electron chi connectivity index (χ1n) is 21.4. The minimum Gasteiger partial charge on any atom is -0.394 e. The Hall–Kier alpha value is -1.47. The molecule has 4 atom stereocenters. The first-order valence-corrected chi connectivity index (χ1v) is 21.4. The summed E-state index contributed by atoms with van der Waals surface area (Å²) in [4.78, 5) is 12.4. The predicted octanol–water partition coefficient (Wildman–Crippen LogP) is 11.0. The molecule has 5 N–H and O–H groups in total. The molecule has 0 aliphatic carbocycles. The number of hydrogen-bond acceptors (Lipinski definition) is 5. The molecule has 294 valence electrons. The van der Waals surface area contributed by atoms with Crippen molar-refractivity contribution in [2.45, 2.75) is 231 Å². The highest BCUT2D eigenvalue weighted by Gasteiger charge is 2.28. The molecular formula is C44H83NO5. The lowest BCUT2D eigenvalue weighted by atomic mass is 10.00. The molecule has 0 fully saturated rings. The Bertz CT molecular complexity index is 797. The van der Waals surface area contributed by atoms with Crippen LogP contribution in [-0.2, 0) is 4.79 Å². The summed E-state index contributed by atoms with van der Waals surface area (Å²) in [6.45, 7) is 3.96. The SMILES string of the molecule is CCCC/C=C\CCCCCC(O)C(=O)NC(CO)C(O)C(O)CCC/C=C/CC/C=C/CCCCCCCCCCCCCCCCCC. The van der Waals surface area contributed by atoms with E-state index in [4.69, 9.17) is 0 Å². The molecule has 0 aromatic rings. The molecule has 0 saturated heterocycles. The highest BCUT2D eigenvalue weighted by atomic mass is 16.3. The highest BCUT2D eigenvalue weighted by Crippen LogP contribution is 2.15. The number of hydrogen-bond donors (Lipinski definition) is 5. The van der Waals surface area contributed by atoms with Gasteiger partial charge in [0, 0.05) is 0 Å². The number of carbonyl (C=O) groups excluding carboxylic acids is 1. The maximum absolute atomic E-state index is 12.4. The molecule has 0 aromatic heterocycles. The van der Waals surface area contributed by atoms with Gasteiger partial charge in [0.25, 0.3) is 0 Å². The number of unbranched alkanes of at least 4 members (excludes halogenated alkanes) is 23. The molecule has 0 aliphatic rings. The fourth-order valence-electron chi connectivity index (χ4n) is 6.34. The zero-order valence-electron chi connectivity index (χ0n) is 32.9. The molecule has 0 aliphatic heterocycles. The van der Waals surface area contributed by atoms with Crippen LogP contribution in [0.4, 0.5) is 0 Å². The molecule has 0 heterocycles. The standard InChI is InChI=1S/C44H83NO5/c1-3-5-7-9-11-13-14-15-16-17-18-19-20-21-22-23-24-25-26-27-28-30-31-33-35-37-41(47)43(49)40(39-46)45-44(50)42(48)38-36-34-32-29-12-10-8-6-4-2/h10,12,25-26,30-31,40-43,46-49H,3-9,11,13-24,27-29,32-39H2,1-2H3,(H,45,50)/b12-10-,26-25+,31-30+. The molecular weight excluding hydrogens is 622 g/mol. The van der Waals surface area contributed by atoms with Gasteiger partial charge in [-0.1, -0.05) is 172 Å². The van der Waals surface area contributed by atoms with Gasteiger partial charge in [-0.25, -0.2) is 0 Å². The van der Waals surface area contributed by atoms with Crippen molar-refractivity contribution in [2.75, 3.05) is 6.61 Å². The lowest BCUT2D eigenvalue weighted by molar-refractivity contribution is -0.132. The van der Waals surface area contributed by atoms with Crippen LogP contribution in [0.25, 0.3) is 0 Å². The topological polar surface area (TPSA) is 110 Å². The fraction of sp³-hybridized carbons (Fsp3) is 0.841. The van der Waals surface area contributed by atoms with Gasteiger partial charge in [-0.15, -0.1) is 0 Å². The fourth-order valence-corrected chi connectivity index (χ4v) is 6.34. The van der Waals surface area contributed by atoms with Gasteiger partial charge < -0.3 is 25.7 Å². The monoisotopic (exact) mass is 706 g/mol. The maximum atomic E-state index is 12.4. The van der Waals surface area contributed by atoms with Gasteiger partial charge in [0.2, 0.25) is 5.91 Å². The van der Waals surface area contributed by atoms with Crippen LogP contribution in [0.5, 0.6) is 0 Å². The van der Waals surface area contributed by atoms with E-state index < -0.39 is 36.9 Å². The van der Waals surface area contributed by atoms with Crippen molar-refractivity contribution in [2.24, 2.45) is 0 Å². The summed E-state index contributed by atoms with van der Waals surface area (Å²) in [5.41, 5.74) is 0. The predicted molar refractivity (Wildman–Crippen MR) is 214 cm³/mol. The van der Waals surface area contributed by atoms with Crippen LogP contribution in [0.1, 0.15) is 206 Å². The summed E-state index contributed by atoms with van der Waals surface area (Å²) in [5.74, 6) is -0.614. The molecule has 0 bridgehead atoms. The minimum absolute atomic E-state index is 0.337. The Morgan fingerprint density at radius 2 is 0.860 bits per heavy atom. The average molecular weight is 706 g/mol. The second-order valence-electron chi connectivity index (χ2n) is 14.7. The van der Waals surface area contributed by atoms with Crippen LogP contribution in [0.15, 0.2) is 36.5 Å². The zero-order chi connectivity index (χ0) is 36.8. The van der Waals surface area contributed by atoms with Gasteiger partial charge >= 0.3 is 0 Å². The largest absolute Gasteiger partial charge is 0.394 e. The Labute approximate surface area is 309 Å². The average Bonchev–Trinajstić information content (AvgIpc) is 3.12. The Morgan fingerprint density at radius 3 is 1.32 bits per heavy atom. The molecule has 4 unspecified atom stereocenters. The number of nitrogens with one attached hydrogen (secondary N) is 1. The van der Waals surface area contributed by atoms with E-state index in [1.807, 2.05) is 0 Å². The van der Waals surface area contributed by atoms with Crippen LogP contribution >= 0.6 is 0 Å². The van der Waals surface area contributed by atoms with Gasteiger partial charge in [0.05, 0.1) is 18.8 Å². The number of amides is 1. The van der Waals surface area contributed by atoms with Crippen molar-refractivity contribution in [3.63, 3.8) is 0 Å². The van der Waals surface area contributed by atoms with E-state index in [2.05, 4.69) is 55.6 Å². The van der Waals surface area contributed by atoms with Crippen LogP contribution in [-0.4, -0.2) is 57.3 Å². The molecule has 6 nitrogen and oxygen atoms in total. The van der Waals surface area contributed by atoms with Crippen LogP contribution in [0.2, 0.25) is 0 Å². The van der Waals surface area contributed by atoms with Gasteiger partial charge in [-0.2, -0.15) is 0 Å². The van der Waals surface area contributed by atoms with E-state index >= 15 is 0 Å². The Balaban J connectivity index is 3.74. The van der Waals surface area contributed by atoms with Crippen LogP contribution in [0, 0.1) is 0 Å². The molecule has 50 heavy (non-hydrogen) atoms. The molecule has 1 amide bonds. The van der Waals surface area contributed by atoms with E-state index in [0.717, 1.165) is 51.4 Å². The number of rotatable bonds is 38. The normalized spacial score (nSPS) is 14.6. The summed E-state index contributed by atoms with van der Waals surface area (Å²) < 4.78 is 0. The van der Waals surface area contributed by atoms with Gasteiger partial charge in [-0.05, 0) is 70.6 Å². The van der Waals surface area contributed by atoms with Gasteiger partial charge in [0.1, 0.15) is 12.2 Å². The summed E-state index contributed by atoms with van der Waals surface area (Å²) in [7, 11) is 0. The minimum atomic E-state index is -1.29. The summed E-state index contributed by atoms with van der Waals surface area (Å²) in [6.07, 6.45) is 44.9. The Morgan fingerprint density at radius 1 is 0.480 bits per heavy atom. The maximum Gasteiger partial charge on any atom is 0.249 e. The smallest absolute Gasteiger partial charge is 0.249 e. The lowest BCUT2D eigenvalue weighted by Crippen LogP contribution is -2.53. The van der Waals surface area contributed by atoms with Crippen LogP contribution < -0.4 is 5.32 Å². The summed E-state index contributed by atoms with van der Waals surface area (Å²) in [5, 5.41) is 43.4. The number of carbonyl (C=O) groups is 1. The number of aliphatic hydroxyl groups excluding tert-OH is 4.